The molecule has 1 aliphatic heterocycles. The van der Waals surface area contributed by atoms with Crippen LogP contribution in [0.25, 0.3) is 0 Å². The molecule has 2 heterocycles. The number of amides is 1. The van der Waals surface area contributed by atoms with E-state index in [1.54, 1.807) is 0 Å². The van der Waals surface area contributed by atoms with Gasteiger partial charge in [0.15, 0.2) is 0 Å². The Morgan fingerprint density at radius 3 is 2.52 bits per heavy atom. The highest BCUT2D eigenvalue weighted by molar-refractivity contribution is 5.94. The van der Waals surface area contributed by atoms with Crippen molar-refractivity contribution in [3.8, 4) is 0 Å². The first kappa shape index (κ1) is 14.0. The van der Waals surface area contributed by atoms with E-state index in [1.165, 1.54) is 50.4 Å². The van der Waals surface area contributed by atoms with Crippen LogP contribution in [0.3, 0.4) is 0 Å². The molecule has 1 saturated carbocycles. The Bertz CT molecular complexity index is 547. The van der Waals surface area contributed by atoms with E-state index >= 15 is 0 Å². The Balaban J connectivity index is 1.69. The lowest BCUT2D eigenvalue weighted by Crippen LogP contribution is -2.33. The number of carbonyl (C=O) groups is 2. The second kappa shape index (κ2) is 5.47. The second-order valence-corrected chi connectivity index (χ2v) is 6.27. The maximum absolute atomic E-state index is 12.5. The predicted molar refractivity (Wildman–Crippen MR) is 77.2 cm³/mol. The lowest BCUT2D eigenvalue weighted by molar-refractivity contribution is 0.0693. The number of hydrogen-bond acceptors (Lipinski definition) is 3. The molecule has 1 aromatic rings. The molecule has 0 bridgehead atoms. The highest BCUT2D eigenvalue weighted by atomic mass is 16.4. The van der Waals surface area contributed by atoms with Crippen LogP contribution in [0.1, 0.15) is 59.4 Å². The molecule has 0 aromatic carbocycles. The summed E-state index contributed by atoms with van der Waals surface area (Å²) in [6.07, 6.45) is 8.65. The van der Waals surface area contributed by atoms with Crippen LogP contribution in [0.4, 0.5) is 0 Å². The summed E-state index contributed by atoms with van der Waals surface area (Å²) in [5.41, 5.74) is 0.777. The van der Waals surface area contributed by atoms with Gasteiger partial charge in [-0.25, -0.2) is 4.79 Å². The van der Waals surface area contributed by atoms with E-state index in [0.29, 0.717) is 11.1 Å². The van der Waals surface area contributed by atoms with Crippen LogP contribution in [0.2, 0.25) is 0 Å². The minimum atomic E-state index is -1.02. The molecule has 2 fully saturated rings. The third-order valence-corrected chi connectivity index (χ3v) is 4.87. The molecule has 1 amide bonds. The van der Waals surface area contributed by atoms with Crippen molar-refractivity contribution in [1.82, 2.24) is 9.88 Å². The van der Waals surface area contributed by atoms with Gasteiger partial charge in [0.1, 0.15) is 5.69 Å². The molecule has 1 aromatic heterocycles. The highest BCUT2D eigenvalue weighted by Gasteiger charge is 2.40. The largest absolute Gasteiger partial charge is 0.478 e. The molecule has 112 valence electrons. The first-order valence-electron chi connectivity index (χ1n) is 7.58. The molecular weight excluding hydrogens is 268 g/mol. The van der Waals surface area contributed by atoms with E-state index in [-0.39, 0.29) is 11.5 Å². The third kappa shape index (κ3) is 2.77. The van der Waals surface area contributed by atoms with Gasteiger partial charge in [-0.05, 0) is 36.8 Å². The maximum atomic E-state index is 12.5. The average Bonchev–Trinajstić information content (AvgIpc) is 2.91. The number of carboxylic acid groups (broad SMARTS) is 1. The maximum Gasteiger partial charge on any atom is 0.337 e. The van der Waals surface area contributed by atoms with Crippen LogP contribution >= 0.6 is 0 Å². The summed E-state index contributed by atoms with van der Waals surface area (Å²) >= 11 is 0. The summed E-state index contributed by atoms with van der Waals surface area (Å²) < 4.78 is 0. The Morgan fingerprint density at radius 2 is 1.90 bits per heavy atom. The van der Waals surface area contributed by atoms with Gasteiger partial charge in [-0.15, -0.1) is 0 Å². The zero-order valence-electron chi connectivity index (χ0n) is 12.0. The molecule has 21 heavy (non-hydrogen) atoms. The van der Waals surface area contributed by atoms with Crippen molar-refractivity contribution in [3.63, 3.8) is 0 Å². The fourth-order valence-electron chi connectivity index (χ4n) is 3.63. The number of carbonyl (C=O) groups excluding carboxylic acids is 1. The second-order valence-electron chi connectivity index (χ2n) is 6.27. The monoisotopic (exact) mass is 288 g/mol. The smallest absolute Gasteiger partial charge is 0.337 e. The first-order valence-corrected chi connectivity index (χ1v) is 7.58. The number of aromatic carboxylic acids is 1. The fraction of sp³-hybridized carbons (Fsp3) is 0.562. The quantitative estimate of drug-likeness (QED) is 0.908. The summed E-state index contributed by atoms with van der Waals surface area (Å²) in [4.78, 5) is 29.2. The van der Waals surface area contributed by atoms with Gasteiger partial charge < -0.3 is 10.0 Å². The molecule has 1 spiro atoms. The molecule has 0 radical (unpaired) electrons. The van der Waals surface area contributed by atoms with Crippen LogP contribution < -0.4 is 0 Å². The number of carboxylic acids is 1. The normalized spacial score (nSPS) is 20.7. The Hall–Kier alpha value is -1.91. The van der Waals surface area contributed by atoms with Gasteiger partial charge in [0.05, 0.1) is 5.56 Å². The van der Waals surface area contributed by atoms with Crippen molar-refractivity contribution in [3.05, 3.63) is 29.6 Å². The standard InChI is InChI=1S/C16H20N2O3/c19-14(13-5-4-12(10-17-13)15(20)21)18-9-8-16(11-18)6-2-1-3-7-16/h4-5,10H,1-3,6-9,11H2,(H,20,21). The van der Waals surface area contributed by atoms with Gasteiger partial charge in [-0.3, -0.25) is 9.78 Å². The zero-order valence-corrected chi connectivity index (χ0v) is 12.0. The molecule has 5 heteroatoms. The SMILES string of the molecule is O=C(O)c1ccc(C(=O)N2CCC3(CCCCC3)C2)nc1. The lowest BCUT2D eigenvalue weighted by atomic mass is 9.73. The van der Waals surface area contributed by atoms with E-state index in [9.17, 15) is 9.59 Å². The minimum Gasteiger partial charge on any atom is -0.478 e. The number of nitrogens with zero attached hydrogens (tertiary/aromatic N) is 2. The number of pyridine rings is 1. The number of rotatable bonds is 2. The van der Waals surface area contributed by atoms with Crippen molar-refractivity contribution < 1.29 is 14.7 Å². The van der Waals surface area contributed by atoms with E-state index in [4.69, 9.17) is 5.11 Å². The number of hydrogen-bond donors (Lipinski definition) is 1. The van der Waals surface area contributed by atoms with Gasteiger partial charge in [0, 0.05) is 19.3 Å². The lowest BCUT2D eigenvalue weighted by Gasteiger charge is -2.33. The van der Waals surface area contributed by atoms with Gasteiger partial charge in [0.2, 0.25) is 0 Å². The summed E-state index contributed by atoms with van der Waals surface area (Å²) in [6.45, 7) is 1.62. The van der Waals surface area contributed by atoms with Crippen molar-refractivity contribution in [2.45, 2.75) is 38.5 Å². The molecular formula is C16H20N2O3. The molecule has 2 aliphatic rings. The summed E-state index contributed by atoms with van der Waals surface area (Å²) in [7, 11) is 0. The van der Waals surface area contributed by atoms with E-state index in [0.717, 1.165) is 19.5 Å². The first-order chi connectivity index (χ1) is 10.1. The molecule has 0 atom stereocenters. The van der Waals surface area contributed by atoms with E-state index < -0.39 is 5.97 Å². The van der Waals surface area contributed by atoms with E-state index in [2.05, 4.69) is 4.98 Å². The summed E-state index contributed by atoms with van der Waals surface area (Å²) in [6, 6.07) is 2.95. The molecule has 0 unspecified atom stereocenters. The van der Waals surface area contributed by atoms with Crippen molar-refractivity contribution >= 4 is 11.9 Å². The zero-order chi connectivity index (χ0) is 14.9. The Labute approximate surface area is 124 Å². The van der Waals surface area contributed by atoms with E-state index in [1.807, 2.05) is 4.90 Å². The number of likely N-dealkylation sites (tertiary alicyclic amines) is 1. The minimum absolute atomic E-state index is 0.0746. The Kier molecular flexibility index (Phi) is 3.66. The van der Waals surface area contributed by atoms with Gasteiger partial charge in [-0.2, -0.15) is 0 Å². The Morgan fingerprint density at radius 1 is 1.14 bits per heavy atom. The van der Waals surface area contributed by atoms with Crippen LogP contribution in [-0.2, 0) is 0 Å². The van der Waals surface area contributed by atoms with Gasteiger partial charge in [0.25, 0.3) is 5.91 Å². The van der Waals surface area contributed by atoms with Gasteiger partial charge >= 0.3 is 5.97 Å². The summed E-state index contributed by atoms with van der Waals surface area (Å²) in [5.74, 6) is -1.10. The van der Waals surface area contributed by atoms with Gasteiger partial charge in [-0.1, -0.05) is 19.3 Å². The van der Waals surface area contributed by atoms with Crippen LogP contribution in [0.5, 0.6) is 0 Å². The van der Waals surface area contributed by atoms with Crippen LogP contribution in [-0.4, -0.2) is 40.0 Å². The average molecular weight is 288 g/mol. The summed E-state index contributed by atoms with van der Waals surface area (Å²) in [5, 5.41) is 8.86. The van der Waals surface area contributed by atoms with Crippen molar-refractivity contribution in [2.24, 2.45) is 5.41 Å². The number of aromatic nitrogens is 1. The highest BCUT2D eigenvalue weighted by Crippen LogP contribution is 2.43. The van der Waals surface area contributed by atoms with Crippen molar-refractivity contribution in [1.29, 1.82) is 0 Å². The molecule has 1 saturated heterocycles. The molecule has 3 rings (SSSR count). The van der Waals surface area contributed by atoms with Crippen molar-refractivity contribution in [2.75, 3.05) is 13.1 Å². The fourth-order valence-corrected chi connectivity index (χ4v) is 3.63. The molecule has 5 nitrogen and oxygen atoms in total. The third-order valence-electron chi connectivity index (χ3n) is 4.87. The molecule has 1 N–H and O–H groups in total. The molecule has 1 aliphatic carbocycles. The van der Waals surface area contributed by atoms with Crippen LogP contribution in [0.15, 0.2) is 18.3 Å². The van der Waals surface area contributed by atoms with Crippen LogP contribution in [0, 0.1) is 5.41 Å². The topological polar surface area (TPSA) is 70.5 Å². The predicted octanol–water partition coefficient (Wildman–Crippen LogP) is 2.58.